The SMILES string of the molecule is CCOc1ccc(NC(=O)CC(N)=S)cc1. The second kappa shape index (κ2) is 6.07. The van der Waals surface area contributed by atoms with Gasteiger partial charge in [-0.1, -0.05) is 12.2 Å². The number of anilines is 1. The first kappa shape index (κ1) is 12.4. The second-order valence-corrected chi connectivity index (χ2v) is 3.67. The third-order valence-electron chi connectivity index (χ3n) is 1.78. The molecule has 0 saturated heterocycles. The maximum Gasteiger partial charge on any atom is 0.231 e. The predicted molar refractivity (Wildman–Crippen MR) is 67.6 cm³/mol. The van der Waals surface area contributed by atoms with Gasteiger partial charge in [0.1, 0.15) is 5.75 Å². The molecule has 0 spiro atoms. The maximum absolute atomic E-state index is 11.3. The van der Waals surface area contributed by atoms with E-state index in [1.54, 1.807) is 24.3 Å². The van der Waals surface area contributed by atoms with E-state index in [-0.39, 0.29) is 17.3 Å². The quantitative estimate of drug-likeness (QED) is 0.766. The van der Waals surface area contributed by atoms with Crippen molar-refractivity contribution in [2.45, 2.75) is 13.3 Å². The fourth-order valence-electron chi connectivity index (χ4n) is 1.16. The first-order valence-electron chi connectivity index (χ1n) is 4.93. The lowest BCUT2D eigenvalue weighted by atomic mass is 10.3. The Hall–Kier alpha value is -1.62. The van der Waals surface area contributed by atoms with Gasteiger partial charge in [-0.2, -0.15) is 0 Å². The zero-order chi connectivity index (χ0) is 12.0. The molecule has 0 bridgehead atoms. The first-order chi connectivity index (χ1) is 7.61. The summed E-state index contributed by atoms with van der Waals surface area (Å²) in [5.41, 5.74) is 5.96. The van der Waals surface area contributed by atoms with Gasteiger partial charge in [0.25, 0.3) is 0 Å². The summed E-state index contributed by atoms with van der Waals surface area (Å²) in [7, 11) is 0. The summed E-state index contributed by atoms with van der Waals surface area (Å²) in [6, 6.07) is 7.12. The van der Waals surface area contributed by atoms with Crippen molar-refractivity contribution in [3.05, 3.63) is 24.3 Å². The van der Waals surface area contributed by atoms with Crippen LogP contribution in [0.1, 0.15) is 13.3 Å². The monoisotopic (exact) mass is 238 g/mol. The highest BCUT2D eigenvalue weighted by Crippen LogP contribution is 2.15. The van der Waals surface area contributed by atoms with Crippen LogP contribution in [-0.4, -0.2) is 17.5 Å². The number of nitrogens with two attached hydrogens (primary N) is 1. The lowest BCUT2D eigenvalue weighted by molar-refractivity contribution is -0.115. The van der Waals surface area contributed by atoms with Crippen molar-refractivity contribution in [3.8, 4) is 5.75 Å². The van der Waals surface area contributed by atoms with Crippen LogP contribution in [0.3, 0.4) is 0 Å². The number of thiocarbonyl (C=S) groups is 1. The van der Waals surface area contributed by atoms with E-state index in [9.17, 15) is 4.79 Å². The summed E-state index contributed by atoms with van der Waals surface area (Å²) < 4.78 is 5.28. The van der Waals surface area contributed by atoms with Crippen LogP contribution >= 0.6 is 12.2 Å². The third kappa shape index (κ3) is 4.27. The van der Waals surface area contributed by atoms with E-state index < -0.39 is 0 Å². The summed E-state index contributed by atoms with van der Waals surface area (Å²) in [5, 5.41) is 2.68. The number of rotatable bonds is 5. The molecule has 0 heterocycles. The highest BCUT2D eigenvalue weighted by atomic mass is 32.1. The minimum absolute atomic E-state index is 0.0581. The Morgan fingerprint density at radius 3 is 2.56 bits per heavy atom. The van der Waals surface area contributed by atoms with Crippen molar-refractivity contribution >= 4 is 28.8 Å². The molecule has 1 rings (SSSR count). The molecule has 1 aromatic carbocycles. The molecule has 0 aliphatic rings. The van der Waals surface area contributed by atoms with Crippen molar-refractivity contribution in [1.29, 1.82) is 0 Å². The second-order valence-electron chi connectivity index (χ2n) is 3.15. The molecule has 16 heavy (non-hydrogen) atoms. The molecule has 0 atom stereocenters. The zero-order valence-electron chi connectivity index (χ0n) is 9.03. The number of hydrogen-bond donors (Lipinski definition) is 2. The molecule has 4 nitrogen and oxygen atoms in total. The Morgan fingerprint density at radius 1 is 1.44 bits per heavy atom. The number of carbonyl (C=O) groups excluding carboxylic acids is 1. The van der Waals surface area contributed by atoms with Crippen LogP contribution in [0.5, 0.6) is 5.75 Å². The summed E-state index contributed by atoms with van der Waals surface area (Å²) in [5.74, 6) is 0.562. The largest absolute Gasteiger partial charge is 0.494 e. The van der Waals surface area contributed by atoms with Gasteiger partial charge in [-0.3, -0.25) is 4.79 Å². The normalized spacial score (nSPS) is 9.56. The van der Waals surface area contributed by atoms with Crippen LogP contribution in [0.15, 0.2) is 24.3 Å². The van der Waals surface area contributed by atoms with E-state index in [1.807, 2.05) is 6.92 Å². The number of carbonyl (C=O) groups is 1. The summed E-state index contributed by atoms with van der Waals surface area (Å²) in [6.07, 6.45) is 0.0581. The number of amides is 1. The summed E-state index contributed by atoms with van der Waals surface area (Å²) >= 11 is 4.64. The Bertz CT molecular complexity index is 376. The van der Waals surface area contributed by atoms with Crippen molar-refractivity contribution in [3.63, 3.8) is 0 Å². The van der Waals surface area contributed by atoms with Gasteiger partial charge < -0.3 is 15.8 Å². The van der Waals surface area contributed by atoms with Gasteiger partial charge in [-0.25, -0.2) is 0 Å². The van der Waals surface area contributed by atoms with E-state index in [0.29, 0.717) is 12.3 Å². The van der Waals surface area contributed by atoms with Gasteiger partial charge in [0.15, 0.2) is 0 Å². The van der Waals surface area contributed by atoms with Crippen LogP contribution in [0.2, 0.25) is 0 Å². The molecule has 0 radical (unpaired) electrons. The number of nitrogens with one attached hydrogen (secondary N) is 1. The van der Waals surface area contributed by atoms with Gasteiger partial charge in [0.2, 0.25) is 5.91 Å². The lowest BCUT2D eigenvalue weighted by Gasteiger charge is -2.06. The summed E-state index contributed by atoms with van der Waals surface area (Å²) in [4.78, 5) is 11.5. The van der Waals surface area contributed by atoms with Gasteiger partial charge >= 0.3 is 0 Å². The topological polar surface area (TPSA) is 64.3 Å². The zero-order valence-corrected chi connectivity index (χ0v) is 9.84. The number of ether oxygens (including phenoxy) is 1. The van der Waals surface area contributed by atoms with Crippen molar-refractivity contribution in [2.24, 2.45) is 5.73 Å². The fraction of sp³-hybridized carbons (Fsp3) is 0.273. The van der Waals surface area contributed by atoms with Gasteiger partial charge in [0.05, 0.1) is 18.0 Å². The molecule has 0 saturated carbocycles. The first-order valence-corrected chi connectivity index (χ1v) is 5.33. The average molecular weight is 238 g/mol. The minimum Gasteiger partial charge on any atom is -0.494 e. The number of hydrogen-bond acceptors (Lipinski definition) is 3. The van der Waals surface area contributed by atoms with Gasteiger partial charge in [-0.05, 0) is 31.2 Å². The average Bonchev–Trinajstić information content (AvgIpc) is 2.20. The van der Waals surface area contributed by atoms with E-state index >= 15 is 0 Å². The minimum atomic E-state index is -0.211. The molecule has 1 aromatic rings. The van der Waals surface area contributed by atoms with Crippen LogP contribution < -0.4 is 15.8 Å². The molecule has 0 unspecified atom stereocenters. The van der Waals surface area contributed by atoms with Crippen molar-refractivity contribution in [2.75, 3.05) is 11.9 Å². The molecule has 86 valence electrons. The third-order valence-corrected chi connectivity index (χ3v) is 1.93. The summed E-state index contributed by atoms with van der Waals surface area (Å²) in [6.45, 7) is 2.53. The Kier molecular flexibility index (Phi) is 4.72. The van der Waals surface area contributed by atoms with Crippen LogP contribution in [0, 0.1) is 0 Å². The van der Waals surface area contributed by atoms with E-state index in [4.69, 9.17) is 10.5 Å². The molecule has 0 aliphatic heterocycles. The Balaban J connectivity index is 2.54. The predicted octanol–water partition coefficient (Wildman–Crippen LogP) is 1.70. The molecule has 0 aliphatic carbocycles. The number of benzene rings is 1. The molecule has 0 fully saturated rings. The molecular weight excluding hydrogens is 224 g/mol. The smallest absolute Gasteiger partial charge is 0.231 e. The van der Waals surface area contributed by atoms with Crippen LogP contribution in [-0.2, 0) is 4.79 Å². The highest BCUT2D eigenvalue weighted by molar-refractivity contribution is 7.80. The Labute approximate surface area is 99.8 Å². The fourth-order valence-corrected chi connectivity index (χ4v) is 1.30. The van der Waals surface area contributed by atoms with Crippen molar-refractivity contribution < 1.29 is 9.53 Å². The standard InChI is InChI=1S/C11H14N2O2S/c1-2-15-9-5-3-8(4-6-9)13-11(14)7-10(12)16/h3-6H,2,7H2,1H3,(H2,12,16)(H,13,14). The van der Waals surface area contributed by atoms with E-state index in [1.165, 1.54) is 0 Å². The molecular formula is C11H14N2O2S. The van der Waals surface area contributed by atoms with E-state index in [0.717, 1.165) is 5.75 Å². The molecule has 0 aromatic heterocycles. The van der Waals surface area contributed by atoms with Crippen LogP contribution in [0.4, 0.5) is 5.69 Å². The van der Waals surface area contributed by atoms with Gasteiger partial charge in [-0.15, -0.1) is 0 Å². The van der Waals surface area contributed by atoms with E-state index in [2.05, 4.69) is 17.5 Å². The molecule has 5 heteroatoms. The maximum atomic E-state index is 11.3. The molecule has 3 N–H and O–H groups in total. The van der Waals surface area contributed by atoms with Crippen LogP contribution in [0.25, 0.3) is 0 Å². The Morgan fingerprint density at radius 2 is 2.06 bits per heavy atom. The van der Waals surface area contributed by atoms with Crippen molar-refractivity contribution in [1.82, 2.24) is 0 Å². The lowest BCUT2D eigenvalue weighted by Crippen LogP contribution is -2.20. The van der Waals surface area contributed by atoms with Gasteiger partial charge in [0, 0.05) is 5.69 Å². The highest BCUT2D eigenvalue weighted by Gasteiger charge is 2.03. The molecule has 1 amide bonds.